The Hall–Kier alpha value is -1.38. The van der Waals surface area contributed by atoms with Crippen molar-refractivity contribution in [1.82, 2.24) is 10.3 Å². The summed E-state index contributed by atoms with van der Waals surface area (Å²) in [5.41, 5.74) is 2.65. The molecule has 1 aromatic carbocycles. The molecule has 1 aliphatic rings. The summed E-state index contributed by atoms with van der Waals surface area (Å²) < 4.78 is 0. The number of pyridine rings is 1. The highest BCUT2D eigenvalue weighted by Crippen LogP contribution is 2.27. The zero-order valence-corrected chi connectivity index (χ0v) is 14.2. The number of aromatic nitrogens is 1. The lowest BCUT2D eigenvalue weighted by atomic mass is 9.98. The monoisotopic (exact) mass is 304 g/mol. The van der Waals surface area contributed by atoms with Crippen LogP contribution in [0, 0.1) is 0 Å². The molecule has 1 N–H and O–H groups in total. The van der Waals surface area contributed by atoms with E-state index in [9.17, 15) is 0 Å². The molecule has 1 aliphatic heterocycles. The van der Waals surface area contributed by atoms with Crippen LogP contribution < -0.4 is 5.32 Å². The Labute approximate surface area is 133 Å². The van der Waals surface area contributed by atoms with Crippen LogP contribution in [0.1, 0.15) is 39.7 Å². The van der Waals surface area contributed by atoms with Gasteiger partial charge >= 0.3 is 0 Å². The molecular formula is C18H25ClN2. The second-order valence-electron chi connectivity index (χ2n) is 4.22. The van der Waals surface area contributed by atoms with Crippen molar-refractivity contribution in [3.05, 3.63) is 47.3 Å². The fraction of sp³-hybridized carbons (Fsp3) is 0.389. The van der Waals surface area contributed by atoms with Crippen molar-refractivity contribution in [1.29, 1.82) is 0 Å². The standard InChI is InChI=1S/C14H13ClN2.2C2H6/c15-14-13-9-12(10-3-6-16-7-4-10)2-1-11(13)5-8-17-14;2*1-2/h1-3,5,8-9,16H,4,6-7H2;2*1-2H3. The molecule has 0 saturated heterocycles. The van der Waals surface area contributed by atoms with E-state index in [4.69, 9.17) is 11.6 Å². The Morgan fingerprint density at radius 2 is 1.86 bits per heavy atom. The molecule has 2 heterocycles. The lowest BCUT2D eigenvalue weighted by Crippen LogP contribution is -2.19. The molecule has 3 rings (SSSR count). The van der Waals surface area contributed by atoms with Crippen LogP contribution in [0.2, 0.25) is 5.15 Å². The third-order valence-corrected chi connectivity index (χ3v) is 3.45. The first-order chi connectivity index (χ1) is 10.3. The predicted octanol–water partition coefficient (Wildman–Crippen LogP) is 5.32. The van der Waals surface area contributed by atoms with Gasteiger partial charge in [0.25, 0.3) is 0 Å². The molecule has 21 heavy (non-hydrogen) atoms. The summed E-state index contributed by atoms with van der Waals surface area (Å²) in [6.45, 7) is 10.00. The van der Waals surface area contributed by atoms with Gasteiger partial charge in [-0.2, -0.15) is 0 Å². The van der Waals surface area contributed by atoms with Crippen LogP contribution in [-0.4, -0.2) is 18.1 Å². The number of benzene rings is 1. The first-order valence-corrected chi connectivity index (χ1v) is 8.17. The maximum absolute atomic E-state index is 6.13. The van der Waals surface area contributed by atoms with Crippen LogP contribution in [-0.2, 0) is 0 Å². The maximum Gasteiger partial charge on any atom is 0.136 e. The average Bonchev–Trinajstić information content (AvgIpc) is 2.59. The Balaban J connectivity index is 0.000000510. The fourth-order valence-corrected chi connectivity index (χ4v) is 2.44. The van der Waals surface area contributed by atoms with Crippen LogP contribution in [0.15, 0.2) is 36.5 Å². The van der Waals surface area contributed by atoms with Crippen molar-refractivity contribution >= 4 is 27.9 Å². The first-order valence-electron chi connectivity index (χ1n) is 7.79. The lowest BCUT2D eigenvalue weighted by molar-refractivity contribution is 0.739. The van der Waals surface area contributed by atoms with Crippen LogP contribution in [0.25, 0.3) is 16.3 Å². The Bertz CT molecular complexity index is 591. The highest BCUT2D eigenvalue weighted by Gasteiger charge is 2.07. The average molecular weight is 305 g/mol. The highest BCUT2D eigenvalue weighted by molar-refractivity contribution is 6.34. The van der Waals surface area contributed by atoms with Crippen molar-refractivity contribution < 1.29 is 0 Å². The molecule has 0 unspecified atom stereocenters. The van der Waals surface area contributed by atoms with Crippen molar-refractivity contribution in [2.24, 2.45) is 0 Å². The van der Waals surface area contributed by atoms with E-state index in [-0.39, 0.29) is 0 Å². The van der Waals surface area contributed by atoms with Gasteiger partial charge in [0.2, 0.25) is 0 Å². The molecule has 3 heteroatoms. The van der Waals surface area contributed by atoms with Crippen LogP contribution in [0.4, 0.5) is 0 Å². The normalized spacial score (nSPS) is 13.5. The quantitative estimate of drug-likeness (QED) is 0.721. The number of hydrogen-bond donors (Lipinski definition) is 1. The van der Waals surface area contributed by atoms with Gasteiger partial charge in [-0.15, -0.1) is 0 Å². The summed E-state index contributed by atoms with van der Waals surface area (Å²) in [6, 6.07) is 8.40. The smallest absolute Gasteiger partial charge is 0.136 e. The summed E-state index contributed by atoms with van der Waals surface area (Å²) in [5.74, 6) is 0. The minimum atomic E-state index is 0.582. The Kier molecular flexibility index (Phi) is 8.03. The maximum atomic E-state index is 6.13. The SMILES string of the molecule is CC.CC.Clc1nccc2ccc(C3=CCNCC3)cc12. The summed E-state index contributed by atoms with van der Waals surface area (Å²) >= 11 is 6.13. The van der Waals surface area contributed by atoms with Crippen molar-refractivity contribution in [3.8, 4) is 0 Å². The number of hydrogen-bond acceptors (Lipinski definition) is 2. The van der Waals surface area contributed by atoms with E-state index in [0.29, 0.717) is 5.15 Å². The second kappa shape index (κ2) is 9.54. The molecule has 0 atom stereocenters. The minimum Gasteiger partial charge on any atom is -0.313 e. The third-order valence-electron chi connectivity index (χ3n) is 3.15. The second-order valence-corrected chi connectivity index (χ2v) is 4.58. The summed E-state index contributed by atoms with van der Waals surface area (Å²) in [5, 5.41) is 6.08. The Morgan fingerprint density at radius 1 is 1.10 bits per heavy atom. The molecule has 0 bridgehead atoms. The van der Waals surface area contributed by atoms with Crippen molar-refractivity contribution in [3.63, 3.8) is 0 Å². The highest BCUT2D eigenvalue weighted by atomic mass is 35.5. The summed E-state index contributed by atoms with van der Waals surface area (Å²) in [7, 11) is 0. The van der Waals surface area contributed by atoms with Crippen LogP contribution in [0.5, 0.6) is 0 Å². The molecule has 0 spiro atoms. The molecule has 0 amide bonds. The van der Waals surface area contributed by atoms with Gasteiger partial charge in [-0.1, -0.05) is 57.5 Å². The minimum absolute atomic E-state index is 0.582. The van der Waals surface area contributed by atoms with Gasteiger partial charge < -0.3 is 5.32 Å². The number of rotatable bonds is 1. The fourth-order valence-electron chi connectivity index (χ4n) is 2.22. The van der Waals surface area contributed by atoms with E-state index in [1.165, 1.54) is 11.1 Å². The molecule has 2 aromatic rings. The molecule has 1 aromatic heterocycles. The number of fused-ring (bicyclic) bond motifs is 1. The summed E-state index contributed by atoms with van der Waals surface area (Å²) in [6.07, 6.45) is 5.06. The molecule has 0 fully saturated rings. The van der Waals surface area contributed by atoms with E-state index in [2.05, 4.69) is 34.6 Å². The molecule has 2 nitrogen and oxygen atoms in total. The van der Waals surface area contributed by atoms with Gasteiger partial charge in [0.15, 0.2) is 0 Å². The van der Waals surface area contributed by atoms with Gasteiger partial charge in [-0.3, -0.25) is 0 Å². The molecule has 0 radical (unpaired) electrons. The number of halogens is 1. The molecule has 114 valence electrons. The van der Waals surface area contributed by atoms with E-state index in [1.54, 1.807) is 6.20 Å². The lowest BCUT2D eigenvalue weighted by Gasteiger charge is -2.14. The molecular weight excluding hydrogens is 280 g/mol. The number of nitrogens with one attached hydrogen (secondary N) is 1. The van der Waals surface area contributed by atoms with E-state index < -0.39 is 0 Å². The van der Waals surface area contributed by atoms with E-state index in [1.807, 2.05) is 33.8 Å². The zero-order chi connectivity index (χ0) is 15.7. The van der Waals surface area contributed by atoms with Crippen molar-refractivity contribution in [2.75, 3.05) is 13.1 Å². The Morgan fingerprint density at radius 3 is 2.52 bits per heavy atom. The molecule has 0 saturated carbocycles. The van der Waals surface area contributed by atoms with Gasteiger partial charge in [0, 0.05) is 18.1 Å². The third kappa shape index (κ3) is 4.55. The van der Waals surface area contributed by atoms with Gasteiger partial charge in [0.1, 0.15) is 5.15 Å². The van der Waals surface area contributed by atoms with E-state index in [0.717, 1.165) is 30.3 Å². The molecule has 0 aliphatic carbocycles. The topological polar surface area (TPSA) is 24.9 Å². The van der Waals surface area contributed by atoms with E-state index >= 15 is 0 Å². The summed E-state index contributed by atoms with van der Waals surface area (Å²) in [4.78, 5) is 4.13. The first kappa shape index (κ1) is 17.7. The van der Waals surface area contributed by atoms with Crippen molar-refractivity contribution in [2.45, 2.75) is 34.1 Å². The zero-order valence-electron chi connectivity index (χ0n) is 13.4. The largest absolute Gasteiger partial charge is 0.313 e. The van der Waals surface area contributed by atoms with Gasteiger partial charge in [0.05, 0.1) is 0 Å². The van der Waals surface area contributed by atoms with Crippen LogP contribution in [0.3, 0.4) is 0 Å². The van der Waals surface area contributed by atoms with Gasteiger partial charge in [-0.05, 0) is 41.6 Å². The predicted molar refractivity (Wildman–Crippen MR) is 94.9 cm³/mol. The van der Waals surface area contributed by atoms with Gasteiger partial charge in [-0.25, -0.2) is 4.98 Å². The number of nitrogens with zero attached hydrogens (tertiary/aromatic N) is 1. The van der Waals surface area contributed by atoms with Crippen LogP contribution >= 0.6 is 11.6 Å².